The zero-order valence-electron chi connectivity index (χ0n) is 8.49. The SMILES string of the molecule is Fc1c(Br)cc(CC2CCNC2)c(F)c1F. The Kier molecular flexibility index (Phi) is 3.54. The maximum atomic E-state index is 13.4. The second kappa shape index (κ2) is 4.75. The third-order valence-corrected chi connectivity index (χ3v) is 3.43. The highest BCUT2D eigenvalue weighted by atomic mass is 79.9. The Labute approximate surface area is 100 Å². The van der Waals surface area contributed by atoms with Crippen LogP contribution in [0.4, 0.5) is 13.2 Å². The molecule has 1 unspecified atom stereocenters. The van der Waals surface area contributed by atoms with Crippen molar-refractivity contribution in [2.45, 2.75) is 12.8 Å². The van der Waals surface area contributed by atoms with E-state index in [9.17, 15) is 13.2 Å². The van der Waals surface area contributed by atoms with E-state index in [-0.39, 0.29) is 10.0 Å². The van der Waals surface area contributed by atoms with Crippen LogP contribution in [-0.4, -0.2) is 13.1 Å². The molecule has 1 nitrogen and oxygen atoms in total. The largest absolute Gasteiger partial charge is 0.316 e. The first kappa shape index (κ1) is 11.9. The van der Waals surface area contributed by atoms with Gasteiger partial charge in [0.05, 0.1) is 4.47 Å². The molecule has 0 saturated carbocycles. The second-order valence-corrected chi connectivity index (χ2v) is 4.88. The van der Waals surface area contributed by atoms with Crippen LogP contribution >= 0.6 is 15.9 Å². The van der Waals surface area contributed by atoms with E-state index in [0.717, 1.165) is 19.5 Å². The zero-order valence-corrected chi connectivity index (χ0v) is 10.1. The Morgan fingerprint density at radius 3 is 2.62 bits per heavy atom. The lowest BCUT2D eigenvalue weighted by molar-refractivity contribution is 0.431. The lowest BCUT2D eigenvalue weighted by Gasteiger charge is -2.10. The van der Waals surface area contributed by atoms with Gasteiger partial charge in [-0.25, -0.2) is 13.2 Å². The van der Waals surface area contributed by atoms with Crippen LogP contribution in [0.1, 0.15) is 12.0 Å². The van der Waals surface area contributed by atoms with E-state index in [1.54, 1.807) is 0 Å². The average Bonchev–Trinajstić information content (AvgIpc) is 2.76. The van der Waals surface area contributed by atoms with Crippen LogP contribution in [0.5, 0.6) is 0 Å². The minimum Gasteiger partial charge on any atom is -0.316 e. The molecule has 1 atom stereocenters. The highest BCUT2D eigenvalue weighted by Gasteiger charge is 2.21. The van der Waals surface area contributed by atoms with E-state index in [4.69, 9.17) is 0 Å². The highest BCUT2D eigenvalue weighted by Crippen LogP contribution is 2.26. The van der Waals surface area contributed by atoms with Crippen LogP contribution in [0.3, 0.4) is 0 Å². The van der Waals surface area contributed by atoms with E-state index in [1.807, 2.05) is 0 Å². The van der Waals surface area contributed by atoms with Crippen molar-refractivity contribution in [3.63, 3.8) is 0 Å². The van der Waals surface area contributed by atoms with Gasteiger partial charge in [-0.2, -0.15) is 0 Å². The molecule has 1 aromatic rings. The summed E-state index contributed by atoms with van der Waals surface area (Å²) >= 11 is 2.88. The smallest absolute Gasteiger partial charge is 0.195 e. The predicted octanol–water partition coefficient (Wildman–Crippen LogP) is 3.02. The van der Waals surface area contributed by atoms with Crippen molar-refractivity contribution in [1.82, 2.24) is 5.32 Å². The molecule has 1 aliphatic heterocycles. The maximum Gasteiger partial charge on any atom is 0.195 e. The van der Waals surface area contributed by atoms with Crippen molar-refractivity contribution >= 4 is 15.9 Å². The number of nitrogens with one attached hydrogen (secondary N) is 1. The summed E-state index contributed by atoms with van der Waals surface area (Å²) in [5.41, 5.74) is 0.236. The van der Waals surface area contributed by atoms with Crippen LogP contribution in [0.15, 0.2) is 10.5 Å². The molecule has 1 heterocycles. The Hall–Kier alpha value is -0.550. The lowest BCUT2D eigenvalue weighted by atomic mass is 9.98. The van der Waals surface area contributed by atoms with Gasteiger partial charge in [-0.15, -0.1) is 0 Å². The van der Waals surface area contributed by atoms with Crippen LogP contribution in [-0.2, 0) is 6.42 Å². The van der Waals surface area contributed by atoms with Crippen LogP contribution in [0.25, 0.3) is 0 Å². The van der Waals surface area contributed by atoms with Gasteiger partial charge in [0.25, 0.3) is 0 Å². The van der Waals surface area contributed by atoms with E-state index in [0.29, 0.717) is 12.3 Å². The number of hydrogen-bond acceptors (Lipinski definition) is 1. The summed E-state index contributed by atoms with van der Waals surface area (Å²) in [6.45, 7) is 1.70. The summed E-state index contributed by atoms with van der Waals surface area (Å²) < 4.78 is 39.6. The molecule has 16 heavy (non-hydrogen) atoms. The van der Waals surface area contributed by atoms with Crippen LogP contribution in [0.2, 0.25) is 0 Å². The fourth-order valence-corrected chi connectivity index (χ4v) is 2.42. The third kappa shape index (κ3) is 2.25. The quantitative estimate of drug-likeness (QED) is 0.653. The van der Waals surface area contributed by atoms with Gasteiger partial charge in [0, 0.05) is 0 Å². The minimum atomic E-state index is -1.39. The molecule has 1 N–H and O–H groups in total. The van der Waals surface area contributed by atoms with Crippen molar-refractivity contribution in [3.8, 4) is 0 Å². The minimum absolute atomic E-state index is 0.0210. The number of rotatable bonds is 2. The topological polar surface area (TPSA) is 12.0 Å². The van der Waals surface area contributed by atoms with Gasteiger partial charge in [0.15, 0.2) is 17.5 Å². The fraction of sp³-hybridized carbons (Fsp3) is 0.455. The van der Waals surface area contributed by atoms with Gasteiger partial charge in [0.2, 0.25) is 0 Å². The summed E-state index contributed by atoms with van der Waals surface area (Å²) in [5, 5.41) is 3.15. The first-order valence-corrected chi connectivity index (χ1v) is 5.91. The van der Waals surface area contributed by atoms with Crippen molar-refractivity contribution in [3.05, 3.63) is 33.6 Å². The average molecular weight is 294 g/mol. The van der Waals surface area contributed by atoms with Crippen molar-refractivity contribution in [2.75, 3.05) is 13.1 Å². The molecule has 0 radical (unpaired) electrons. The molecule has 1 saturated heterocycles. The first-order valence-electron chi connectivity index (χ1n) is 5.12. The second-order valence-electron chi connectivity index (χ2n) is 4.02. The van der Waals surface area contributed by atoms with Gasteiger partial charge in [0.1, 0.15) is 0 Å². The lowest BCUT2D eigenvalue weighted by Crippen LogP contribution is -2.12. The number of benzene rings is 1. The number of halogens is 4. The van der Waals surface area contributed by atoms with Gasteiger partial charge in [-0.05, 0) is 59.4 Å². The van der Waals surface area contributed by atoms with E-state index in [1.165, 1.54) is 6.07 Å². The molecule has 1 aromatic carbocycles. The molecule has 1 aliphatic rings. The van der Waals surface area contributed by atoms with E-state index >= 15 is 0 Å². The summed E-state index contributed by atoms with van der Waals surface area (Å²) in [6, 6.07) is 1.33. The van der Waals surface area contributed by atoms with Crippen molar-refractivity contribution < 1.29 is 13.2 Å². The molecular weight excluding hydrogens is 283 g/mol. The number of hydrogen-bond donors (Lipinski definition) is 1. The third-order valence-electron chi connectivity index (χ3n) is 2.85. The maximum absolute atomic E-state index is 13.4. The Balaban J connectivity index is 2.26. The van der Waals surface area contributed by atoms with Gasteiger partial charge >= 0.3 is 0 Å². The van der Waals surface area contributed by atoms with Gasteiger partial charge in [-0.3, -0.25) is 0 Å². The molecule has 5 heteroatoms. The molecule has 1 fully saturated rings. The zero-order chi connectivity index (χ0) is 11.7. The van der Waals surface area contributed by atoms with Crippen molar-refractivity contribution in [2.24, 2.45) is 5.92 Å². The fourth-order valence-electron chi connectivity index (χ4n) is 1.97. The predicted molar refractivity (Wildman–Crippen MR) is 58.7 cm³/mol. The van der Waals surface area contributed by atoms with Crippen molar-refractivity contribution in [1.29, 1.82) is 0 Å². The summed E-state index contributed by atoms with van der Waals surface area (Å²) in [4.78, 5) is 0. The Morgan fingerprint density at radius 1 is 1.25 bits per heavy atom. The Bertz CT molecular complexity index is 403. The molecule has 0 aromatic heterocycles. The molecule has 2 rings (SSSR count). The van der Waals surface area contributed by atoms with Gasteiger partial charge < -0.3 is 5.32 Å². The van der Waals surface area contributed by atoms with Crippen LogP contribution < -0.4 is 5.32 Å². The molecule has 0 spiro atoms. The highest BCUT2D eigenvalue weighted by molar-refractivity contribution is 9.10. The normalized spacial score (nSPS) is 20.4. The molecule has 0 bridgehead atoms. The monoisotopic (exact) mass is 293 g/mol. The van der Waals surface area contributed by atoms with E-state index < -0.39 is 17.5 Å². The van der Waals surface area contributed by atoms with Crippen LogP contribution in [0, 0.1) is 23.4 Å². The molecule has 88 valence electrons. The summed E-state index contributed by atoms with van der Waals surface area (Å²) in [7, 11) is 0. The summed E-state index contributed by atoms with van der Waals surface area (Å²) in [5.74, 6) is -3.32. The standard InChI is InChI=1S/C11H11BrF3N/c12-8-4-7(3-6-1-2-16-5-6)9(13)11(15)10(8)14/h4,6,16H,1-3,5H2. The molecule has 0 aliphatic carbocycles. The molecular formula is C11H11BrF3N. The summed E-state index contributed by atoms with van der Waals surface area (Å²) in [6.07, 6.45) is 1.38. The Morgan fingerprint density at radius 2 is 2.00 bits per heavy atom. The van der Waals surface area contributed by atoms with E-state index in [2.05, 4.69) is 21.2 Å². The van der Waals surface area contributed by atoms with Gasteiger partial charge in [-0.1, -0.05) is 0 Å². The molecule has 0 amide bonds. The first-order chi connectivity index (χ1) is 7.59.